The average Bonchev–Trinajstić information content (AvgIpc) is 3.13. The number of methoxy groups -OCH3 is 1. The van der Waals surface area contributed by atoms with Crippen LogP contribution in [0.2, 0.25) is 0 Å². The standard InChI is InChI=1S/C21H27N7O2/c1-5-22-21-25-14(2)11-19(26-21)23-9-10-24-20(29)18-13-17(27-28(18)3)15-7-6-8-16(12-15)30-4/h6-8,11-13H,5,9-10H2,1-4H3,(H,24,29)(H2,22,23,25,26). The van der Waals surface area contributed by atoms with Gasteiger partial charge in [-0.25, -0.2) is 4.98 Å². The van der Waals surface area contributed by atoms with E-state index >= 15 is 0 Å². The highest BCUT2D eigenvalue weighted by Gasteiger charge is 2.14. The quantitative estimate of drug-likeness (QED) is 0.466. The molecule has 0 unspecified atom stereocenters. The van der Waals surface area contributed by atoms with Crippen LogP contribution in [-0.2, 0) is 7.05 Å². The van der Waals surface area contributed by atoms with E-state index in [9.17, 15) is 4.79 Å². The predicted molar refractivity (Wildman–Crippen MR) is 117 cm³/mol. The fourth-order valence-corrected chi connectivity index (χ4v) is 2.96. The van der Waals surface area contributed by atoms with Crippen LogP contribution in [0.4, 0.5) is 11.8 Å². The molecule has 0 aliphatic rings. The van der Waals surface area contributed by atoms with Gasteiger partial charge in [0.15, 0.2) is 0 Å². The third-order valence-electron chi connectivity index (χ3n) is 4.38. The Morgan fingerprint density at radius 3 is 2.73 bits per heavy atom. The summed E-state index contributed by atoms with van der Waals surface area (Å²) >= 11 is 0. The van der Waals surface area contributed by atoms with Crippen molar-refractivity contribution in [1.82, 2.24) is 25.1 Å². The lowest BCUT2D eigenvalue weighted by Crippen LogP contribution is -2.30. The Labute approximate surface area is 175 Å². The van der Waals surface area contributed by atoms with Crippen LogP contribution >= 0.6 is 0 Å². The molecule has 0 fully saturated rings. The number of hydrogen-bond acceptors (Lipinski definition) is 7. The molecular formula is C21H27N7O2. The molecule has 9 nitrogen and oxygen atoms in total. The van der Waals surface area contributed by atoms with E-state index in [1.165, 1.54) is 0 Å². The number of rotatable bonds is 9. The number of nitrogens with one attached hydrogen (secondary N) is 3. The molecule has 0 radical (unpaired) electrons. The summed E-state index contributed by atoms with van der Waals surface area (Å²) in [6, 6.07) is 11.2. The predicted octanol–water partition coefficient (Wildman–Crippen LogP) is 2.47. The number of nitrogens with zero attached hydrogens (tertiary/aromatic N) is 4. The van der Waals surface area contributed by atoms with Crippen LogP contribution in [0.15, 0.2) is 36.4 Å². The largest absolute Gasteiger partial charge is 0.497 e. The third-order valence-corrected chi connectivity index (χ3v) is 4.38. The first-order valence-corrected chi connectivity index (χ1v) is 9.80. The molecule has 0 aliphatic heterocycles. The van der Waals surface area contributed by atoms with Crippen molar-refractivity contribution in [2.75, 3.05) is 37.4 Å². The second-order valence-electron chi connectivity index (χ2n) is 6.70. The summed E-state index contributed by atoms with van der Waals surface area (Å²) in [5.41, 5.74) is 2.96. The Morgan fingerprint density at radius 1 is 1.13 bits per heavy atom. The Morgan fingerprint density at radius 2 is 1.97 bits per heavy atom. The van der Waals surface area contributed by atoms with Gasteiger partial charge in [0.2, 0.25) is 5.95 Å². The zero-order valence-corrected chi connectivity index (χ0v) is 17.7. The summed E-state index contributed by atoms with van der Waals surface area (Å²) in [7, 11) is 3.37. The minimum Gasteiger partial charge on any atom is -0.497 e. The number of aryl methyl sites for hydroxylation is 2. The SMILES string of the molecule is CCNc1nc(C)cc(NCCNC(=O)c2cc(-c3cccc(OC)c3)nn2C)n1. The summed E-state index contributed by atoms with van der Waals surface area (Å²) in [5.74, 6) is 1.86. The number of ether oxygens (including phenoxy) is 1. The lowest BCUT2D eigenvalue weighted by Gasteiger charge is -2.10. The monoisotopic (exact) mass is 409 g/mol. The van der Waals surface area contributed by atoms with Crippen molar-refractivity contribution in [3.8, 4) is 17.0 Å². The maximum atomic E-state index is 12.6. The lowest BCUT2D eigenvalue weighted by atomic mass is 10.1. The van der Waals surface area contributed by atoms with E-state index in [1.807, 2.05) is 44.2 Å². The highest BCUT2D eigenvalue weighted by Crippen LogP contribution is 2.23. The normalized spacial score (nSPS) is 10.5. The van der Waals surface area contributed by atoms with Gasteiger partial charge in [0.25, 0.3) is 5.91 Å². The van der Waals surface area contributed by atoms with E-state index in [4.69, 9.17) is 4.74 Å². The lowest BCUT2D eigenvalue weighted by molar-refractivity contribution is 0.0946. The van der Waals surface area contributed by atoms with E-state index < -0.39 is 0 Å². The van der Waals surface area contributed by atoms with Gasteiger partial charge in [-0.2, -0.15) is 10.1 Å². The number of hydrogen-bond donors (Lipinski definition) is 3. The van der Waals surface area contributed by atoms with Gasteiger partial charge in [-0.3, -0.25) is 9.48 Å². The zero-order valence-electron chi connectivity index (χ0n) is 17.7. The van der Waals surface area contributed by atoms with Crippen molar-refractivity contribution >= 4 is 17.7 Å². The Kier molecular flexibility index (Phi) is 6.84. The van der Waals surface area contributed by atoms with Gasteiger partial charge in [-0.15, -0.1) is 0 Å². The second-order valence-corrected chi connectivity index (χ2v) is 6.70. The van der Waals surface area contributed by atoms with Crippen molar-refractivity contribution in [1.29, 1.82) is 0 Å². The first kappa shape index (κ1) is 21.1. The topological polar surface area (TPSA) is 106 Å². The van der Waals surface area contributed by atoms with E-state index in [0.29, 0.717) is 36.2 Å². The minimum absolute atomic E-state index is 0.187. The molecule has 2 aromatic heterocycles. The fraction of sp³-hybridized carbons (Fsp3) is 0.333. The number of aromatic nitrogens is 4. The molecule has 9 heteroatoms. The summed E-state index contributed by atoms with van der Waals surface area (Å²) in [5, 5.41) is 13.7. The van der Waals surface area contributed by atoms with Crippen LogP contribution in [0.3, 0.4) is 0 Å². The molecule has 0 saturated carbocycles. The molecule has 1 aromatic carbocycles. The van der Waals surface area contributed by atoms with Crippen LogP contribution in [0, 0.1) is 6.92 Å². The first-order valence-electron chi connectivity index (χ1n) is 9.80. The molecule has 0 aliphatic carbocycles. The van der Waals surface area contributed by atoms with Crippen LogP contribution in [0.5, 0.6) is 5.75 Å². The van der Waals surface area contributed by atoms with Crippen LogP contribution in [0.1, 0.15) is 23.1 Å². The molecule has 0 spiro atoms. The number of carbonyl (C=O) groups excluding carboxylic acids is 1. The number of carbonyl (C=O) groups is 1. The number of anilines is 2. The van der Waals surface area contributed by atoms with E-state index in [2.05, 4.69) is 31.0 Å². The van der Waals surface area contributed by atoms with Crippen molar-refractivity contribution in [2.45, 2.75) is 13.8 Å². The van der Waals surface area contributed by atoms with E-state index in [1.54, 1.807) is 24.9 Å². The summed E-state index contributed by atoms with van der Waals surface area (Å²) in [6.07, 6.45) is 0. The maximum Gasteiger partial charge on any atom is 0.269 e. The van der Waals surface area contributed by atoms with Gasteiger partial charge in [0, 0.05) is 44.0 Å². The third kappa shape index (κ3) is 5.25. The smallest absolute Gasteiger partial charge is 0.269 e. The zero-order chi connectivity index (χ0) is 21.5. The van der Waals surface area contributed by atoms with Crippen molar-refractivity contribution in [3.63, 3.8) is 0 Å². The number of benzene rings is 1. The van der Waals surface area contributed by atoms with Crippen LogP contribution in [-0.4, -0.2) is 52.4 Å². The molecule has 2 heterocycles. The molecule has 30 heavy (non-hydrogen) atoms. The molecule has 3 N–H and O–H groups in total. The molecule has 158 valence electrons. The highest BCUT2D eigenvalue weighted by atomic mass is 16.5. The highest BCUT2D eigenvalue weighted by molar-refractivity contribution is 5.93. The minimum atomic E-state index is -0.187. The van der Waals surface area contributed by atoms with E-state index in [-0.39, 0.29) is 5.91 Å². The summed E-state index contributed by atoms with van der Waals surface area (Å²) in [4.78, 5) is 21.3. The first-order chi connectivity index (χ1) is 14.5. The molecular weight excluding hydrogens is 382 g/mol. The number of amides is 1. The molecule has 3 rings (SSSR count). The molecule has 3 aromatic rings. The Bertz CT molecular complexity index is 1020. The van der Waals surface area contributed by atoms with Crippen molar-refractivity contribution in [2.24, 2.45) is 7.05 Å². The molecule has 1 amide bonds. The average molecular weight is 409 g/mol. The van der Waals surface area contributed by atoms with Gasteiger partial charge in [0.1, 0.15) is 17.3 Å². The van der Waals surface area contributed by atoms with E-state index in [0.717, 1.165) is 23.6 Å². The van der Waals surface area contributed by atoms with Gasteiger partial charge >= 0.3 is 0 Å². The summed E-state index contributed by atoms with van der Waals surface area (Å²) < 4.78 is 6.83. The molecule has 0 bridgehead atoms. The Balaban J connectivity index is 1.57. The molecule has 0 atom stereocenters. The van der Waals surface area contributed by atoms with Gasteiger partial charge in [0.05, 0.1) is 12.8 Å². The van der Waals surface area contributed by atoms with Crippen molar-refractivity contribution in [3.05, 3.63) is 47.8 Å². The second kappa shape index (κ2) is 9.73. The molecule has 0 saturated heterocycles. The van der Waals surface area contributed by atoms with Crippen LogP contribution < -0.4 is 20.7 Å². The summed E-state index contributed by atoms with van der Waals surface area (Å²) in [6.45, 7) is 5.64. The maximum absolute atomic E-state index is 12.6. The van der Waals surface area contributed by atoms with Gasteiger partial charge in [-0.05, 0) is 32.0 Å². The van der Waals surface area contributed by atoms with Gasteiger partial charge in [-0.1, -0.05) is 12.1 Å². The Hall–Kier alpha value is -3.62. The fourth-order valence-electron chi connectivity index (χ4n) is 2.96. The van der Waals surface area contributed by atoms with Crippen molar-refractivity contribution < 1.29 is 9.53 Å². The van der Waals surface area contributed by atoms with Gasteiger partial charge < -0.3 is 20.7 Å². The van der Waals surface area contributed by atoms with Crippen LogP contribution in [0.25, 0.3) is 11.3 Å².